The Labute approximate surface area is 125 Å². The van der Waals surface area contributed by atoms with Crippen LogP contribution >= 0.6 is 0 Å². The summed E-state index contributed by atoms with van der Waals surface area (Å²) in [6, 6.07) is 0.867. The lowest BCUT2D eigenvalue weighted by atomic mass is 9.93. The van der Waals surface area contributed by atoms with Gasteiger partial charge in [0.15, 0.2) is 23.3 Å². The third kappa shape index (κ3) is 5.83. The number of hydrogen-bond acceptors (Lipinski definition) is 4. The number of rotatable bonds is 8. The third-order valence-corrected chi connectivity index (χ3v) is 2.95. The summed E-state index contributed by atoms with van der Waals surface area (Å²) in [5.41, 5.74) is -0.0526. The van der Waals surface area contributed by atoms with E-state index in [2.05, 4.69) is 34.4 Å². The molecule has 1 aromatic heterocycles. The Hall–Kier alpha value is -1.43. The quantitative estimate of drug-likeness (QED) is 0.773. The summed E-state index contributed by atoms with van der Waals surface area (Å²) in [6.07, 6.45) is 0.844. The summed E-state index contributed by atoms with van der Waals surface area (Å²) in [7, 11) is 3.98. The SMILES string of the molecule is CCCNc1nc(NCC(C)(C)CN(C)C)c(F)cc1F. The molecule has 0 saturated heterocycles. The fourth-order valence-corrected chi connectivity index (χ4v) is 2.19. The van der Waals surface area contributed by atoms with Gasteiger partial charge in [-0.1, -0.05) is 20.8 Å². The molecule has 0 saturated carbocycles. The molecule has 0 spiro atoms. The van der Waals surface area contributed by atoms with Crippen molar-refractivity contribution in [3.63, 3.8) is 0 Å². The van der Waals surface area contributed by atoms with Gasteiger partial charge in [0.2, 0.25) is 0 Å². The second-order valence-electron chi connectivity index (χ2n) is 6.33. The highest BCUT2D eigenvalue weighted by atomic mass is 19.1. The van der Waals surface area contributed by atoms with Crippen LogP contribution in [0.4, 0.5) is 20.4 Å². The fraction of sp³-hybridized carbons (Fsp3) is 0.667. The van der Waals surface area contributed by atoms with Crippen molar-refractivity contribution in [1.29, 1.82) is 0 Å². The van der Waals surface area contributed by atoms with Gasteiger partial charge in [0.1, 0.15) is 0 Å². The van der Waals surface area contributed by atoms with Crippen molar-refractivity contribution in [1.82, 2.24) is 9.88 Å². The second kappa shape index (κ2) is 7.54. The number of nitrogens with one attached hydrogen (secondary N) is 2. The zero-order chi connectivity index (χ0) is 16.0. The molecule has 0 unspecified atom stereocenters. The zero-order valence-corrected chi connectivity index (χ0v) is 13.6. The van der Waals surface area contributed by atoms with Crippen molar-refractivity contribution < 1.29 is 8.78 Å². The molecular weight excluding hydrogens is 274 g/mol. The van der Waals surface area contributed by atoms with Crippen molar-refractivity contribution in [2.75, 3.05) is 44.4 Å². The Bertz CT molecular complexity index is 461. The minimum atomic E-state index is -0.671. The van der Waals surface area contributed by atoms with Gasteiger partial charge in [-0.3, -0.25) is 0 Å². The Morgan fingerprint density at radius 3 is 2.24 bits per heavy atom. The maximum atomic E-state index is 13.8. The van der Waals surface area contributed by atoms with Crippen molar-refractivity contribution in [3.8, 4) is 0 Å². The lowest BCUT2D eigenvalue weighted by molar-refractivity contribution is 0.254. The molecule has 120 valence electrons. The topological polar surface area (TPSA) is 40.2 Å². The lowest BCUT2D eigenvalue weighted by Gasteiger charge is -2.28. The zero-order valence-electron chi connectivity index (χ0n) is 13.6. The molecule has 0 radical (unpaired) electrons. The molecule has 0 aliphatic heterocycles. The molecule has 0 aliphatic rings. The number of anilines is 2. The molecule has 1 rings (SSSR count). The molecule has 0 atom stereocenters. The van der Waals surface area contributed by atoms with Gasteiger partial charge in [-0.05, 0) is 25.9 Å². The van der Waals surface area contributed by atoms with E-state index in [4.69, 9.17) is 0 Å². The highest BCUT2D eigenvalue weighted by Crippen LogP contribution is 2.22. The first-order valence-electron chi connectivity index (χ1n) is 7.23. The number of halogens is 2. The standard InChI is InChI=1S/C15H26F2N4/c1-6-7-18-13-11(16)8-12(17)14(20-13)19-9-15(2,3)10-21(4)5/h8H,6-7,9-10H2,1-5H3,(H2,18,19,20). The fourth-order valence-electron chi connectivity index (χ4n) is 2.19. The van der Waals surface area contributed by atoms with E-state index in [0.29, 0.717) is 13.1 Å². The Morgan fingerprint density at radius 1 is 1.14 bits per heavy atom. The molecule has 0 fully saturated rings. The largest absolute Gasteiger partial charge is 0.368 e. The van der Waals surface area contributed by atoms with Crippen LogP contribution in [0.25, 0.3) is 0 Å². The third-order valence-electron chi connectivity index (χ3n) is 2.95. The normalized spacial score (nSPS) is 11.8. The van der Waals surface area contributed by atoms with Crippen LogP contribution in [0.15, 0.2) is 6.07 Å². The summed E-state index contributed by atoms with van der Waals surface area (Å²) in [5.74, 6) is -1.16. The van der Waals surface area contributed by atoms with E-state index in [1.807, 2.05) is 21.0 Å². The summed E-state index contributed by atoms with van der Waals surface area (Å²) in [5, 5.41) is 5.84. The van der Waals surface area contributed by atoms with Crippen LogP contribution in [0.5, 0.6) is 0 Å². The summed E-state index contributed by atoms with van der Waals surface area (Å²) in [4.78, 5) is 6.08. The van der Waals surface area contributed by atoms with Gasteiger partial charge in [-0.2, -0.15) is 0 Å². The van der Waals surface area contributed by atoms with Crippen LogP contribution in [-0.2, 0) is 0 Å². The molecule has 1 heterocycles. The number of aromatic nitrogens is 1. The van der Waals surface area contributed by atoms with Crippen LogP contribution < -0.4 is 10.6 Å². The van der Waals surface area contributed by atoms with Gasteiger partial charge in [0.25, 0.3) is 0 Å². The van der Waals surface area contributed by atoms with E-state index in [-0.39, 0.29) is 17.1 Å². The van der Waals surface area contributed by atoms with Crippen LogP contribution in [0.3, 0.4) is 0 Å². The minimum absolute atomic E-state index is 0.0526. The maximum Gasteiger partial charge on any atom is 0.168 e. The highest BCUT2D eigenvalue weighted by Gasteiger charge is 2.20. The van der Waals surface area contributed by atoms with Gasteiger partial charge in [-0.15, -0.1) is 0 Å². The number of hydrogen-bond donors (Lipinski definition) is 2. The molecule has 0 aromatic carbocycles. The predicted molar refractivity (Wildman–Crippen MR) is 83.8 cm³/mol. The Balaban J connectivity index is 2.78. The van der Waals surface area contributed by atoms with Gasteiger partial charge >= 0.3 is 0 Å². The van der Waals surface area contributed by atoms with E-state index >= 15 is 0 Å². The van der Waals surface area contributed by atoms with Crippen molar-refractivity contribution in [3.05, 3.63) is 17.7 Å². The predicted octanol–water partition coefficient (Wildman–Crippen LogP) is 3.18. The molecule has 21 heavy (non-hydrogen) atoms. The molecule has 0 bridgehead atoms. The van der Waals surface area contributed by atoms with E-state index in [1.54, 1.807) is 0 Å². The number of pyridine rings is 1. The van der Waals surface area contributed by atoms with E-state index in [9.17, 15) is 8.78 Å². The molecule has 0 aliphatic carbocycles. The van der Waals surface area contributed by atoms with E-state index in [0.717, 1.165) is 19.0 Å². The second-order valence-corrected chi connectivity index (χ2v) is 6.33. The van der Waals surface area contributed by atoms with Gasteiger partial charge in [0.05, 0.1) is 0 Å². The Morgan fingerprint density at radius 2 is 1.71 bits per heavy atom. The summed E-state index contributed by atoms with van der Waals surface area (Å²) >= 11 is 0. The van der Waals surface area contributed by atoms with E-state index in [1.165, 1.54) is 0 Å². The first-order chi connectivity index (χ1) is 9.75. The van der Waals surface area contributed by atoms with E-state index < -0.39 is 11.6 Å². The number of nitrogens with zero attached hydrogens (tertiary/aromatic N) is 2. The molecule has 1 aromatic rings. The summed E-state index contributed by atoms with van der Waals surface area (Å²) in [6.45, 7) is 8.13. The molecular formula is C15H26F2N4. The molecule has 0 amide bonds. The summed E-state index contributed by atoms with van der Waals surface area (Å²) < 4.78 is 27.4. The van der Waals surface area contributed by atoms with Crippen LogP contribution in [0.1, 0.15) is 27.2 Å². The van der Waals surface area contributed by atoms with Crippen molar-refractivity contribution >= 4 is 11.6 Å². The minimum Gasteiger partial charge on any atom is -0.368 e. The lowest BCUT2D eigenvalue weighted by Crippen LogP contribution is -2.34. The van der Waals surface area contributed by atoms with Gasteiger partial charge < -0.3 is 15.5 Å². The average molecular weight is 300 g/mol. The smallest absolute Gasteiger partial charge is 0.168 e. The average Bonchev–Trinajstić information content (AvgIpc) is 2.35. The van der Waals surface area contributed by atoms with Crippen LogP contribution in [0, 0.1) is 17.0 Å². The first kappa shape index (κ1) is 17.6. The molecule has 6 heteroatoms. The molecule has 2 N–H and O–H groups in total. The maximum absolute atomic E-state index is 13.8. The molecule has 4 nitrogen and oxygen atoms in total. The Kier molecular flexibility index (Phi) is 6.33. The van der Waals surface area contributed by atoms with Crippen LogP contribution in [0.2, 0.25) is 0 Å². The van der Waals surface area contributed by atoms with Crippen molar-refractivity contribution in [2.45, 2.75) is 27.2 Å². The van der Waals surface area contributed by atoms with Gasteiger partial charge in [-0.25, -0.2) is 13.8 Å². The highest BCUT2D eigenvalue weighted by molar-refractivity contribution is 5.47. The van der Waals surface area contributed by atoms with Crippen molar-refractivity contribution in [2.24, 2.45) is 5.41 Å². The first-order valence-corrected chi connectivity index (χ1v) is 7.23. The van der Waals surface area contributed by atoms with Crippen LogP contribution in [-0.4, -0.2) is 43.6 Å². The monoisotopic (exact) mass is 300 g/mol. The van der Waals surface area contributed by atoms with Gasteiger partial charge in [0, 0.05) is 25.7 Å².